The van der Waals surface area contributed by atoms with Crippen LogP contribution in [-0.2, 0) is 4.79 Å². The predicted octanol–water partition coefficient (Wildman–Crippen LogP) is 7.65. The van der Waals surface area contributed by atoms with Crippen molar-refractivity contribution >= 4 is 6.41 Å². The summed E-state index contributed by atoms with van der Waals surface area (Å²) in [5.41, 5.74) is 8.83. The van der Waals surface area contributed by atoms with E-state index in [1.165, 1.54) is 0 Å². The lowest BCUT2D eigenvalue weighted by Gasteiger charge is -2.22. The normalized spacial score (nSPS) is 11.6. The molecule has 2 unspecified atom stereocenters. The lowest BCUT2D eigenvalue weighted by molar-refractivity contribution is -0.106. The maximum atomic E-state index is 15.0. The number of benzene rings is 1. The summed E-state index contributed by atoms with van der Waals surface area (Å²) in [5.74, 6) is -1.43. The number of pyridine rings is 2. The zero-order valence-electron chi connectivity index (χ0n) is 24.3. The van der Waals surface area contributed by atoms with Gasteiger partial charge < -0.3 is 10.8 Å². The van der Waals surface area contributed by atoms with E-state index in [0.29, 0.717) is 17.0 Å². The molecule has 3 aromatic rings. The highest BCUT2D eigenvalue weighted by atomic mass is 19.1. The minimum atomic E-state index is -0.633. The monoisotopic (exact) mass is 529 g/mol. The minimum Gasteiger partial charge on any atom is -0.395 e. The standard InChI is InChI=1S/C26H30F2N2O.2C2H6.CH3NO/c1-6-16(4)20-11-25(22(14-31)18-8-7-9-29-13-18)30-26(17(20)5)21-10-19(15(2)3)23(27)12-24(21)28;2*1-2;2-1-3/h7-13,15-16,22,31H,6,14H2,1-5H3;2*1-2H3;1H,(H2,2,3). The van der Waals surface area contributed by atoms with Crippen LogP contribution in [0.2, 0.25) is 0 Å². The summed E-state index contributed by atoms with van der Waals surface area (Å²) in [4.78, 5) is 17.6. The summed E-state index contributed by atoms with van der Waals surface area (Å²) in [6, 6.07) is 8.25. The number of aliphatic hydroxyl groups is 1. The average Bonchev–Trinajstić information content (AvgIpc) is 2.93. The van der Waals surface area contributed by atoms with Crippen LogP contribution in [-0.4, -0.2) is 28.1 Å². The number of aliphatic hydroxyl groups excluding tert-OH is 1. The largest absolute Gasteiger partial charge is 0.395 e. The highest BCUT2D eigenvalue weighted by molar-refractivity contribution is 5.67. The lowest BCUT2D eigenvalue weighted by atomic mass is 9.87. The Kier molecular flexibility index (Phi) is 16.6. The number of hydrogen-bond acceptors (Lipinski definition) is 4. The van der Waals surface area contributed by atoms with E-state index in [9.17, 15) is 13.9 Å². The van der Waals surface area contributed by atoms with Gasteiger partial charge in [0.1, 0.15) is 11.6 Å². The van der Waals surface area contributed by atoms with Gasteiger partial charge in [0.15, 0.2) is 0 Å². The third-order valence-electron chi connectivity index (χ3n) is 6.07. The van der Waals surface area contributed by atoms with Crippen LogP contribution in [0.15, 0.2) is 42.7 Å². The summed E-state index contributed by atoms with van der Waals surface area (Å²) >= 11 is 0. The van der Waals surface area contributed by atoms with E-state index < -0.39 is 11.6 Å². The van der Waals surface area contributed by atoms with Crippen molar-refractivity contribution in [2.24, 2.45) is 5.73 Å². The first-order valence-electron chi connectivity index (χ1n) is 13.4. The molecule has 210 valence electrons. The second-order valence-electron chi connectivity index (χ2n) is 8.59. The molecule has 1 amide bonds. The molecule has 0 fully saturated rings. The van der Waals surface area contributed by atoms with Gasteiger partial charge in [0, 0.05) is 24.0 Å². The molecule has 7 heteroatoms. The molecule has 5 nitrogen and oxygen atoms in total. The fourth-order valence-corrected chi connectivity index (χ4v) is 3.96. The summed E-state index contributed by atoms with van der Waals surface area (Å²) in [5, 5.41) is 10.2. The van der Waals surface area contributed by atoms with Crippen molar-refractivity contribution in [1.29, 1.82) is 0 Å². The van der Waals surface area contributed by atoms with Crippen LogP contribution in [0.3, 0.4) is 0 Å². The van der Waals surface area contributed by atoms with Gasteiger partial charge in [-0.1, -0.05) is 61.5 Å². The second-order valence-corrected chi connectivity index (χ2v) is 8.59. The molecule has 3 rings (SSSR count). The van der Waals surface area contributed by atoms with Gasteiger partial charge in [0.2, 0.25) is 6.41 Å². The van der Waals surface area contributed by atoms with Gasteiger partial charge in [0.25, 0.3) is 0 Å². The Morgan fingerprint density at radius 1 is 1.03 bits per heavy atom. The third kappa shape index (κ3) is 8.98. The van der Waals surface area contributed by atoms with E-state index in [1.807, 2.05) is 66.7 Å². The fraction of sp³-hybridized carbons (Fsp3) is 0.452. The lowest BCUT2D eigenvalue weighted by Crippen LogP contribution is -2.12. The van der Waals surface area contributed by atoms with Crippen LogP contribution in [0.5, 0.6) is 0 Å². The second kappa shape index (κ2) is 18.1. The topological polar surface area (TPSA) is 89.1 Å². The number of nitrogens with zero attached hydrogens (tertiary/aromatic N) is 2. The minimum absolute atomic E-state index is 0.0857. The molecule has 0 aliphatic rings. The van der Waals surface area contributed by atoms with E-state index in [1.54, 1.807) is 18.5 Å². The smallest absolute Gasteiger partial charge is 0.204 e. The molecule has 3 N–H and O–H groups in total. The Morgan fingerprint density at radius 2 is 1.63 bits per heavy atom. The number of amides is 1. The van der Waals surface area contributed by atoms with Gasteiger partial charge in [-0.05, 0) is 65.6 Å². The van der Waals surface area contributed by atoms with Crippen LogP contribution < -0.4 is 5.73 Å². The number of carbonyl (C=O) groups is 1. The molecular weight excluding hydrogens is 484 g/mol. The Morgan fingerprint density at radius 3 is 2.11 bits per heavy atom. The molecule has 0 saturated carbocycles. The first kappa shape index (κ1) is 34.8. The van der Waals surface area contributed by atoms with Crippen molar-refractivity contribution in [3.8, 4) is 11.3 Å². The SMILES string of the molecule is CC.CC.CCC(C)c1cc(C(CO)c2cccnc2)nc(-c2cc(C(C)C)c(F)cc2F)c1C.NC=O. The van der Waals surface area contributed by atoms with Gasteiger partial charge in [-0.25, -0.2) is 8.78 Å². The fourth-order valence-electron chi connectivity index (χ4n) is 3.96. The van der Waals surface area contributed by atoms with Crippen molar-refractivity contribution in [3.05, 3.63) is 82.3 Å². The molecule has 38 heavy (non-hydrogen) atoms. The van der Waals surface area contributed by atoms with E-state index in [2.05, 4.69) is 24.6 Å². The zero-order chi connectivity index (χ0) is 29.4. The van der Waals surface area contributed by atoms with E-state index in [4.69, 9.17) is 9.78 Å². The zero-order valence-corrected chi connectivity index (χ0v) is 24.3. The van der Waals surface area contributed by atoms with Crippen molar-refractivity contribution in [2.75, 3.05) is 6.61 Å². The third-order valence-corrected chi connectivity index (χ3v) is 6.07. The first-order valence-corrected chi connectivity index (χ1v) is 13.4. The Hall–Kier alpha value is -3.19. The molecule has 0 aliphatic carbocycles. The van der Waals surface area contributed by atoms with Crippen molar-refractivity contribution in [1.82, 2.24) is 9.97 Å². The number of carbonyl (C=O) groups excluding carboxylic acids is 1. The summed E-state index contributed by atoms with van der Waals surface area (Å²) in [6.07, 6.45) is 4.54. The molecule has 1 aromatic carbocycles. The molecule has 2 atom stereocenters. The summed E-state index contributed by atoms with van der Waals surface area (Å²) < 4.78 is 29.3. The quantitative estimate of drug-likeness (QED) is 0.308. The van der Waals surface area contributed by atoms with Gasteiger partial charge in [0.05, 0.1) is 23.9 Å². The number of halogens is 2. The molecule has 2 aromatic heterocycles. The molecule has 0 spiro atoms. The first-order chi connectivity index (χ1) is 18.2. The number of aromatic nitrogens is 2. The Labute approximate surface area is 227 Å². The number of rotatable bonds is 7. The van der Waals surface area contributed by atoms with E-state index in [0.717, 1.165) is 29.2 Å². The van der Waals surface area contributed by atoms with Gasteiger partial charge >= 0.3 is 0 Å². The van der Waals surface area contributed by atoms with Crippen LogP contribution in [0, 0.1) is 18.6 Å². The number of hydrogen-bond donors (Lipinski definition) is 2. The molecule has 0 bridgehead atoms. The molecular formula is C31H45F2N3O2. The Bertz CT molecular complexity index is 1110. The van der Waals surface area contributed by atoms with Crippen LogP contribution in [0.4, 0.5) is 8.78 Å². The van der Waals surface area contributed by atoms with Crippen LogP contribution >= 0.6 is 0 Å². The van der Waals surface area contributed by atoms with Crippen LogP contribution in [0.25, 0.3) is 11.3 Å². The average molecular weight is 530 g/mol. The molecule has 0 saturated heterocycles. The van der Waals surface area contributed by atoms with Crippen LogP contribution in [0.1, 0.15) is 108 Å². The van der Waals surface area contributed by atoms with Crippen molar-refractivity contribution in [2.45, 2.75) is 86.5 Å². The highest BCUT2D eigenvalue weighted by Crippen LogP contribution is 2.36. The maximum Gasteiger partial charge on any atom is 0.204 e. The number of primary amides is 1. The highest BCUT2D eigenvalue weighted by Gasteiger charge is 2.23. The molecule has 0 aliphatic heterocycles. The van der Waals surface area contributed by atoms with E-state index >= 15 is 0 Å². The van der Waals surface area contributed by atoms with E-state index in [-0.39, 0.29) is 36.3 Å². The maximum absolute atomic E-state index is 15.0. The summed E-state index contributed by atoms with van der Waals surface area (Å²) in [6.45, 7) is 17.8. The molecule has 0 radical (unpaired) electrons. The van der Waals surface area contributed by atoms with Crippen molar-refractivity contribution in [3.63, 3.8) is 0 Å². The predicted molar refractivity (Wildman–Crippen MR) is 153 cm³/mol. The van der Waals surface area contributed by atoms with Gasteiger partial charge in [-0.3, -0.25) is 14.8 Å². The van der Waals surface area contributed by atoms with Gasteiger partial charge in [-0.2, -0.15) is 0 Å². The van der Waals surface area contributed by atoms with Crippen molar-refractivity contribution < 1.29 is 18.7 Å². The Balaban J connectivity index is 0.00000179. The van der Waals surface area contributed by atoms with Gasteiger partial charge in [-0.15, -0.1) is 0 Å². The number of nitrogens with two attached hydrogens (primary N) is 1. The summed E-state index contributed by atoms with van der Waals surface area (Å²) in [7, 11) is 0. The molecule has 2 heterocycles.